The second kappa shape index (κ2) is 3.59. The Balaban J connectivity index is 2.71. The third-order valence-electron chi connectivity index (χ3n) is 2.60. The van der Waals surface area contributed by atoms with Gasteiger partial charge in [-0.25, -0.2) is 4.79 Å². The van der Waals surface area contributed by atoms with Crippen molar-refractivity contribution in [3.05, 3.63) is 56.5 Å². The first-order valence-corrected chi connectivity index (χ1v) is 5.95. The lowest BCUT2D eigenvalue weighted by molar-refractivity contribution is 0.569. The average Bonchev–Trinajstić information content (AvgIpc) is 2.29. The molecule has 0 unspecified atom stereocenters. The lowest BCUT2D eigenvalue weighted by atomic mass is 10.1. The lowest BCUT2D eigenvalue weighted by Crippen LogP contribution is -2.01. The van der Waals surface area contributed by atoms with Crippen LogP contribution in [0.3, 0.4) is 0 Å². The molecule has 3 rings (SSSR count). The first-order valence-electron chi connectivity index (χ1n) is 4.87. The third-order valence-corrected chi connectivity index (χ3v) is 3.50. The van der Waals surface area contributed by atoms with E-state index in [0.29, 0.717) is 11.0 Å². The van der Waals surface area contributed by atoms with Crippen LogP contribution in [-0.4, -0.2) is 0 Å². The predicted molar refractivity (Wildman–Crippen MR) is 72.7 cm³/mol. The summed E-state index contributed by atoms with van der Waals surface area (Å²) in [5.41, 5.74) is 0.376. The van der Waals surface area contributed by atoms with Gasteiger partial charge in [0, 0.05) is 14.3 Å². The van der Waals surface area contributed by atoms with E-state index in [9.17, 15) is 4.79 Å². The molecule has 0 aliphatic heterocycles. The van der Waals surface area contributed by atoms with E-state index in [-0.39, 0.29) is 5.63 Å². The second-order valence-electron chi connectivity index (χ2n) is 3.55. The molecular formula is C13H7IO2. The maximum Gasteiger partial charge on any atom is 0.345 e. The molecule has 3 heteroatoms. The molecule has 0 radical (unpaired) electrons. The van der Waals surface area contributed by atoms with Crippen LogP contribution in [0, 0.1) is 3.57 Å². The summed E-state index contributed by atoms with van der Waals surface area (Å²) in [5.74, 6) is 0. The fourth-order valence-corrected chi connectivity index (χ4v) is 2.60. The highest BCUT2D eigenvalue weighted by Gasteiger charge is 2.08. The van der Waals surface area contributed by atoms with Crippen molar-refractivity contribution in [3.63, 3.8) is 0 Å². The van der Waals surface area contributed by atoms with Gasteiger partial charge in [-0.2, -0.15) is 0 Å². The van der Waals surface area contributed by atoms with E-state index in [0.717, 1.165) is 14.3 Å². The van der Waals surface area contributed by atoms with Crippen molar-refractivity contribution in [2.24, 2.45) is 0 Å². The number of fused-ring (bicyclic) bond motifs is 3. The minimum absolute atomic E-state index is 0.265. The van der Waals surface area contributed by atoms with Crippen molar-refractivity contribution in [2.75, 3.05) is 0 Å². The normalized spacial score (nSPS) is 11.1. The molecule has 0 atom stereocenters. The van der Waals surface area contributed by atoms with Gasteiger partial charge < -0.3 is 4.42 Å². The average molecular weight is 322 g/mol. The fourth-order valence-electron chi connectivity index (χ4n) is 1.89. The summed E-state index contributed by atoms with van der Waals surface area (Å²) < 4.78 is 6.22. The Labute approximate surface area is 105 Å². The van der Waals surface area contributed by atoms with Crippen LogP contribution in [0.2, 0.25) is 0 Å². The Kier molecular flexibility index (Phi) is 2.21. The van der Waals surface area contributed by atoms with Gasteiger partial charge in [0.05, 0.1) is 5.39 Å². The summed E-state index contributed by atoms with van der Waals surface area (Å²) in [6.07, 6.45) is 0. The number of hydrogen-bond donors (Lipinski definition) is 0. The van der Waals surface area contributed by atoms with Gasteiger partial charge in [-0.15, -0.1) is 0 Å². The van der Waals surface area contributed by atoms with Gasteiger partial charge in [-0.05, 0) is 34.7 Å². The smallest absolute Gasteiger partial charge is 0.345 e. The molecule has 16 heavy (non-hydrogen) atoms. The summed E-state index contributed by atoms with van der Waals surface area (Å²) >= 11 is 2.16. The van der Waals surface area contributed by atoms with Gasteiger partial charge in [-0.1, -0.05) is 30.3 Å². The zero-order valence-electron chi connectivity index (χ0n) is 8.24. The maximum absolute atomic E-state index is 11.8. The van der Waals surface area contributed by atoms with Crippen LogP contribution in [0.15, 0.2) is 51.7 Å². The van der Waals surface area contributed by atoms with Crippen LogP contribution < -0.4 is 5.63 Å². The van der Waals surface area contributed by atoms with Crippen LogP contribution in [-0.2, 0) is 0 Å². The van der Waals surface area contributed by atoms with Crippen LogP contribution in [0.1, 0.15) is 0 Å². The summed E-state index contributed by atoms with van der Waals surface area (Å²) in [6.45, 7) is 0. The number of benzene rings is 2. The molecule has 0 fully saturated rings. The monoisotopic (exact) mass is 322 g/mol. The van der Waals surface area contributed by atoms with Crippen LogP contribution >= 0.6 is 22.6 Å². The third kappa shape index (κ3) is 1.35. The number of para-hydroxylation sites is 1. The van der Waals surface area contributed by atoms with Crippen molar-refractivity contribution in [1.29, 1.82) is 0 Å². The predicted octanol–water partition coefficient (Wildman–Crippen LogP) is 3.55. The molecule has 1 aromatic heterocycles. The van der Waals surface area contributed by atoms with Gasteiger partial charge in [-0.3, -0.25) is 0 Å². The Morgan fingerprint density at radius 1 is 0.938 bits per heavy atom. The zero-order valence-corrected chi connectivity index (χ0v) is 10.4. The molecule has 78 valence electrons. The minimum atomic E-state index is -0.265. The Morgan fingerprint density at radius 3 is 2.56 bits per heavy atom. The lowest BCUT2D eigenvalue weighted by Gasteiger charge is -2.02. The van der Waals surface area contributed by atoms with E-state index >= 15 is 0 Å². The molecule has 0 amide bonds. The summed E-state index contributed by atoms with van der Waals surface area (Å²) in [5, 5.41) is 2.61. The van der Waals surface area contributed by atoms with E-state index in [1.165, 1.54) is 0 Å². The quantitative estimate of drug-likeness (QED) is 0.360. The van der Waals surface area contributed by atoms with Crippen molar-refractivity contribution >= 4 is 44.3 Å². The van der Waals surface area contributed by atoms with E-state index < -0.39 is 0 Å². The first kappa shape index (κ1) is 9.84. The molecule has 0 spiro atoms. The molecule has 0 saturated carbocycles. The molecule has 3 aromatic rings. The Hall–Kier alpha value is -1.36. The number of hydrogen-bond acceptors (Lipinski definition) is 2. The minimum Gasteiger partial charge on any atom is -0.422 e. The molecular weight excluding hydrogens is 315 g/mol. The van der Waals surface area contributed by atoms with Crippen molar-refractivity contribution < 1.29 is 4.42 Å². The van der Waals surface area contributed by atoms with Crippen LogP contribution in [0.4, 0.5) is 0 Å². The highest BCUT2D eigenvalue weighted by atomic mass is 127. The van der Waals surface area contributed by atoms with Crippen molar-refractivity contribution in [2.45, 2.75) is 0 Å². The molecule has 0 N–H and O–H groups in total. The van der Waals surface area contributed by atoms with Crippen molar-refractivity contribution in [1.82, 2.24) is 0 Å². The number of halogens is 1. The Bertz CT molecular complexity index is 744. The second-order valence-corrected chi connectivity index (χ2v) is 4.71. The molecule has 2 aromatic carbocycles. The fraction of sp³-hybridized carbons (Fsp3) is 0. The standard InChI is InChI=1S/C13H7IO2/c14-10-6-3-5-9-8-4-1-2-7-11(8)16-13(15)12(9)10/h1-7H. The largest absolute Gasteiger partial charge is 0.422 e. The number of rotatable bonds is 0. The van der Waals surface area contributed by atoms with Crippen LogP contribution in [0.25, 0.3) is 21.7 Å². The summed E-state index contributed by atoms with van der Waals surface area (Å²) in [6, 6.07) is 13.4. The summed E-state index contributed by atoms with van der Waals surface area (Å²) in [4.78, 5) is 11.8. The van der Waals surface area contributed by atoms with E-state index in [2.05, 4.69) is 22.6 Å². The molecule has 2 nitrogen and oxygen atoms in total. The van der Waals surface area contributed by atoms with E-state index in [1.54, 1.807) is 0 Å². The topological polar surface area (TPSA) is 30.2 Å². The van der Waals surface area contributed by atoms with Gasteiger partial charge in [0.25, 0.3) is 0 Å². The molecule has 0 saturated heterocycles. The summed E-state index contributed by atoms with van der Waals surface area (Å²) in [7, 11) is 0. The highest BCUT2D eigenvalue weighted by molar-refractivity contribution is 14.1. The highest BCUT2D eigenvalue weighted by Crippen LogP contribution is 2.25. The molecule has 0 aliphatic rings. The Morgan fingerprint density at radius 2 is 1.69 bits per heavy atom. The molecule has 1 heterocycles. The van der Waals surface area contributed by atoms with Gasteiger partial charge in [0.2, 0.25) is 0 Å². The maximum atomic E-state index is 11.8. The van der Waals surface area contributed by atoms with Gasteiger partial charge in [0.1, 0.15) is 5.58 Å². The first-order chi connectivity index (χ1) is 7.77. The molecule has 0 aliphatic carbocycles. The van der Waals surface area contributed by atoms with E-state index in [4.69, 9.17) is 4.42 Å². The van der Waals surface area contributed by atoms with Crippen LogP contribution in [0.5, 0.6) is 0 Å². The zero-order chi connectivity index (χ0) is 11.1. The molecule has 0 bridgehead atoms. The van der Waals surface area contributed by atoms with Gasteiger partial charge >= 0.3 is 5.63 Å². The van der Waals surface area contributed by atoms with Gasteiger partial charge in [0.15, 0.2) is 0 Å². The van der Waals surface area contributed by atoms with Crippen molar-refractivity contribution in [3.8, 4) is 0 Å². The SMILES string of the molecule is O=c1oc2ccccc2c2cccc(I)c12. The van der Waals surface area contributed by atoms with E-state index in [1.807, 2.05) is 42.5 Å².